The van der Waals surface area contributed by atoms with Gasteiger partial charge in [0.2, 0.25) is 0 Å². The summed E-state index contributed by atoms with van der Waals surface area (Å²) in [6.07, 6.45) is 7.75. The Hall–Kier alpha value is -0.120. The standard InChI is InChI=1S/C12H24N2O/c1-3-11(13-7-1)5-9-15-10-6-12-4-2-8-14-12/h11-14H,1-10H2. The van der Waals surface area contributed by atoms with Gasteiger partial charge in [-0.3, -0.25) is 0 Å². The highest BCUT2D eigenvalue weighted by molar-refractivity contribution is 4.74. The Morgan fingerprint density at radius 3 is 1.80 bits per heavy atom. The third kappa shape index (κ3) is 4.09. The summed E-state index contributed by atoms with van der Waals surface area (Å²) in [7, 11) is 0. The fraction of sp³-hybridized carbons (Fsp3) is 1.00. The van der Waals surface area contributed by atoms with Crippen molar-refractivity contribution in [1.82, 2.24) is 10.6 Å². The summed E-state index contributed by atoms with van der Waals surface area (Å²) < 4.78 is 5.68. The second kappa shape index (κ2) is 6.46. The van der Waals surface area contributed by atoms with E-state index in [-0.39, 0.29) is 0 Å². The highest BCUT2D eigenvalue weighted by atomic mass is 16.5. The SMILES string of the molecule is C1CNC(CCOCCC2CCCN2)C1. The van der Waals surface area contributed by atoms with Gasteiger partial charge in [-0.2, -0.15) is 0 Å². The summed E-state index contributed by atoms with van der Waals surface area (Å²) in [5, 5.41) is 6.99. The monoisotopic (exact) mass is 212 g/mol. The smallest absolute Gasteiger partial charge is 0.0480 e. The number of hydrogen-bond acceptors (Lipinski definition) is 3. The van der Waals surface area contributed by atoms with E-state index in [1.54, 1.807) is 0 Å². The van der Waals surface area contributed by atoms with Crippen molar-refractivity contribution in [2.45, 2.75) is 50.6 Å². The van der Waals surface area contributed by atoms with E-state index < -0.39 is 0 Å². The molecule has 0 radical (unpaired) electrons. The summed E-state index contributed by atoms with van der Waals surface area (Å²) in [4.78, 5) is 0. The molecule has 0 amide bonds. The lowest BCUT2D eigenvalue weighted by Gasteiger charge is -2.12. The maximum absolute atomic E-state index is 5.68. The molecular formula is C12H24N2O. The van der Waals surface area contributed by atoms with Gasteiger partial charge in [-0.05, 0) is 51.6 Å². The minimum atomic E-state index is 0.731. The lowest BCUT2D eigenvalue weighted by Crippen LogP contribution is -2.25. The van der Waals surface area contributed by atoms with Crippen LogP contribution in [-0.4, -0.2) is 38.4 Å². The van der Waals surface area contributed by atoms with E-state index in [4.69, 9.17) is 4.74 Å². The molecule has 2 aliphatic heterocycles. The predicted molar refractivity (Wildman–Crippen MR) is 62.1 cm³/mol. The second-order valence-corrected chi connectivity index (χ2v) is 4.78. The van der Waals surface area contributed by atoms with Crippen molar-refractivity contribution in [3.63, 3.8) is 0 Å². The van der Waals surface area contributed by atoms with Gasteiger partial charge >= 0.3 is 0 Å². The maximum atomic E-state index is 5.68. The zero-order valence-corrected chi connectivity index (χ0v) is 9.63. The van der Waals surface area contributed by atoms with Gasteiger partial charge in [-0.1, -0.05) is 0 Å². The molecule has 88 valence electrons. The van der Waals surface area contributed by atoms with Gasteiger partial charge < -0.3 is 15.4 Å². The molecule has 0 aliphatic carbocycles. The van der Waals surface area contributed by atoms with E-state index in [0.29, 0.717) is 0 Å². The Bertz CT molecular complexity index is 145. The van der Waals surface area contributed by atoms with Gasteiger partial charge in [0.15, 0.2) is 0 Å². The molecule has 0 aromatic carbocycles. The van der Waals surface area contributed by atoms with Crippen molar-refractivity contribution >= 4 is 0 Å². The lowest BCUT2D eigenvalue weighted by molar-refractivity contribution is 0.117. The first-order chi connectivity index (χ1) is 7.45. The third-order valence-electron chi connectivity index (χ3n) is 3.55. The van der Waals surface area contributed by atoms with Crippen LogP contribution in [0.3, 0.4) is 0 Å². The zero-order chi connectivity index (χ0) is 10.3. The molecule has 15 heavy (non-hydrogen) atoms. The normalized spacial score (nSPS) is 31.2. The van der Waals surface area contributed by atoms with Crippen LogP contribution < -0.4 is 10.6 Å². The third-order valence-corrected chi connectivity index (χ3v) is 3.55. The molecule has 2 rings (SSSR count). The number of ether oxygens (including phenoxy) is 1. The van der Waals surface area contributed by atoms with Gasteiger partial charge in [0.05, 0.1) is 0 Å². The average Bonchev–Trinajstić information content (AvgIpc) is 2.88. The number of hydrogen-bond donors (Lipinski definition) is 2. The lowest BCUT2D eigenvalue weighted by atomic mass is 10.1. The molecule has 2 heterocycles. The van der Waals surface area contributed by atoms with Crippen LogP contribution in [0.25, 0.3) is 0 Å². The Morgan fingerprint density at radius 2 is 1.40 bits per heavy atom. The van der Waals surface area contributed by atoms with Gasteiger partial charge in [0, 0.05) is 25.3 Å². The summed E-state index contributed by atoms with van der Waals surface area (Å²) in [6, 6.07) is 1.46. The van der Waals surface area contributed by atoms with E-state index in [1.165, 1.54) is 51.6 Å². The fourth-order valence-electron chi connectivity index (χ4n) is 2.56. The second-order valence-electron chi connectivity index (χ2n) is 4.78. The largest absolute Gasteiger partial charge is 0.381 e. The molecule has 2 aliphatic rings. The Morgan fingerprint density at radius 1 is 0.867 bits per heavy atom. The van der Waals surface area contributed by atoms with Gasteiger partial charge in [-0.15, -0.1) is 0 Å². The van der Waals surface area contributed by atoms with Gasteiger partial charge in [-0.25, -0.2) is 0 Å². The van der Waals surface area contributed by atoms with Crippen molar-refractivity contribution in [1.29, 1.82) is 0 Å². The minimum Gasteiger partial charge on any atom is -0.381 e. The van der Waals surface area contributed by atoms with Crippen molar-refractivity contribution in [3.8, 4) is 0 Å². The molecule has 3 nitrogen and oxygen atoms in total. The summed E-state index contributed by atoms with van der Waals surface area (Å²) in [5.74, 6) is 0. The Kier molecular flexibility index (Phi) is 4.90. The van der Waals surface area contributed by atoms with E-state index in [0.717, 1.165) is 25.3 Å². The highest BCUT2D eigenvalue weighted by Gasteiger charge is 2.14. The van der Waals surface area contributed by atoms with Crippen LogP contribution in [0.15, 0.2) is 0 Å². The molecule has 2 N–H and O–H groups in total. The van der Waals surface area contributed by atoms with Crippen LogP contribution in [0.2, 0.25) is 0 Å². The van der Waals surface area contributed by atoms with Crippen LogP contribution in [0, 0.1) is 0 Å². The number of nitrogens with one attached hydrogen (secondary N) is 2. The number of rotatable bonds is 6. The van der Waals surface area contributed by atoms with E-state index >= 15 is 0 Å². The van der Waals surface area contributed by atoms with Crippen LogP contribution in [0.5, 0.6) is 0 Å². The highest BCUT2D eigenvalue weighted by Crippen LogP contribution is 2.10. The molecular weight excluding hydrogens is 188 g/mol. The molecule has 2 unspecified atom stereocenters. The molecule has 0 aromatic rings. The van der Waals surface area contributed by atoms with E-state index in [1.807, 2.05) is 0 Å². The first-order valence-corrected chi connectivity index (χ1v) is 6.49. The summed E-state index contributed by atoms with van der Waals surface area (Å²) in [5.41, 5.74) is 0. The van der Waals surface area contributed by atoms with Crippen LogP contribution in [0.4, 0.5) is 0 Å². The zero-order valence-electron chi connectivity index (χ0n) is 9.63. The topological polar surface area (TPSA) is 33.3 Å². The Balaban J connectivity index is 1.41. The maximum Gasteiger partial charge on any atom is 0.0480 e. The first-order valence-electron chi connectivity index (χ1n) is 6.49. The van der Waals surface area contributed by atoms with Crippen molar-refractivity contribution in [2.75, 3.05) is 26.3 Å². The summed E-state index contributed by atoms with van der Waals surface area (Å²) >= 11 is 0. The fourth-order valence-corrected chi connectivity index (χ4v) is 2.56. The molecule has 2 atom stereocenters. The van der Waals surface area contributed by atoms with Gasteiger partial charge in [0.1, 0.15) is 0 Å². The summed E-state index contributed by atoms with van der Waals surface area (Å²) in [6.45, 7) is 4.28. The molecule has 0 saturated carbocycles. The minimum absolute atomic E-state index is 0.731. The van der Waals surface area contributed by atoms with Crippen LogP contribution in [0.1, 0.15) is 38.5 Å². The molecule has 0 spiro atoms. The van der Waals surface area contributed by atoms with Crippen molar-refractivity contribution in [2.24, 2.45) is 0 Å². The van der Waals surface area contributed by atoms with Gasteiger partial charge in [0.25, 0.3) is 0 Å². The van der Waals surface area contributed by atoms with Crippen LogP contribution in [-0.2, 0) is 4.74 Å². The van der Waals surface area contributed by atoms with Crippen molar-refractivity contribution < 1.29 is 4.74 Å². The molecule has 2 saturated heterocycles. The molecule has 0 aromatic heterocycles. The van der Waals surface area contributed by atoms with Crippen LogP contribution >= 0.6 is 0 Å². The van der Waals surface area contributed by atoms with Crippen molar-refractivity contribution in [3.05, 3.63) is 0 Å². The molecule has 2 fully saturated rings. The molecule has 3 heteroatoms. The van der Waals surface area contributed by atoms with E-state index in [9.17, 15) is 0 Å². The van der Waals surface area contributed by atoms with E-state index in [2.05, 4.69) is 10.6 Å². The predicted octanol–water partition coefficient (Wildman–Crippen LogP) is 1.29. The quantitative estimate of drug-likeness (QED) is 0.651. The first kappa shape index (κ1) is 11.4. The average molecular weight is 212 g/mol. The molecule has 0 bridgehead atoms. The Labute approximate surface area is 93.0 Å².